The Hall–Kier alpha value is -4.22. The molecule has 0 radical (unpaired) electrons. The van der Waals surface area contributed by atoms with Gasteiger partial charge >= 0.3 is 0 Å². The average molecular weight is 465 g/mol. The third-order valence-corrected chi connectivity index (χ3v) is 5.62. The summed E-state index contributed by atoms with van der Waals surface area (Å²) in [5.41, 5.74) is 0.703. The van der Waals surface area contributed by atoms with Gasteiger partial charge in [-0.25, -0.2) is 33.4 Å². The number of halogens is 2. The number of piperazine rings is 1. The van der Waals surface area contributed by atoms with Crippen LogP contribution in [0.1, 0.15) is 10.4 Å². The van der Waals surface area contributed by atoms with Crippen molar-refractivity contribution in [3.63, 3.8) is 0 Å². The first kappa shape index (κ1) is 21.6. The number of benzene rings is 1. The van der Waals surface area contributed by atoms with E-state index in [0.717, 1.165) is 49.5 Å². The summed E-state index contributed by atoms with van der Waals surface area (Å²) in [6.07, 6.45) is 6.69. The molecule has 0 bridgehead atoms. The highest BCUT2D eigenvalue weighted by atomic mass is 19.2. The zero-order valence-corrected chi connectivity index (χ0v) is 18.1. The highest BCUT2D eigenvalue weighted by molar-refractivity contribution is 5.94. The van der Waals surface area contributed by atoms with Crippen molar-refractivity contribution in [3.8, 4) is 0 Å². The molecule has 174 valence electrons. The molecule has 0 spiro atoms. The highest BCUT2D eigenvalue weighted by Gasteiger charge is 2.22. The highest BCUT2D eigenvalue weighted by Crippen LogP contribution is 2.24. The molecule has 1 aliphatic heterocycles. The Balaban J connectivity index is 1.23. The number of nitrogens with one attached hydrogen (secondary N) is 1. The molecule has 1 saturated heterocycles. The molecular formula is C22H21F2N9O. The number of hydrogen-bond donors (Lipinski definition) is 1. The van der Waals surface area contributed by atoms with Gasteiger partial charge in [-0.15, -0.1) is 0 Å². The van der Waals surface area contributed by atoms with Gasteiger partial charge in [-0.2, -0.15) is 5.10 Å². The monoisotopic (exact) mass is 465 g/mol. The molecular weight excluding hydrogens is 444 g/mol. The molecule has 1 fully saturated rings. The molecule has 0 saturated carbocycles. The molecule has 12 heteroatoms. The number of carbonyl (C=O) groups is 1. The van der Waals surface area contributed by atoms with Crippen LogP contribution in [-0.4, -0.2) is 68.3 Å². The number of aromatic nitrogens is 6. The van der Waals surface area contributed by atoms with Crippen molar-refractivity contribution >= 4 is 28.7 Å². The zero-order valence-electron chi connectivity index (χ0n) is 18.1. The van der Waals surface area contributed by atoms with E-state index in [1.165, 1.54) is 12.4 Å². The quantitative estimate of drug-likeness (QED) is 0.458. The number of amides is 1. The first-order valence-electron chi connectivity index (χ1n) is 10.8. The topological polar surface area (TPSA) is 105 Å². The van der Waals surface area contributed by atoms with E-state index >= 15 is 0 Å². The maximum absolute atomic E-state index is 13.4. The molecule has 0 unspecified atom stereocenters. The van der Waals surface area contributed by atoms with Crippen LogP contribution >= 0.6 is 0 Å². The molecule has 5 rings (SSSR count). The number of hydrogen-bond acceptors (Lipinski definition) is 8. The van der Waals surface area contributed by atoms with E-state index in [4.69, 9.17) is 0 Å². The molecule has 10 nitrogen and oxygen atoms in total. The number of fused-ring (bicyclic) bond motifs is 1. The van der Waals surface area contributed by atoms with Crippen molar-refractivity contribution in [2.24, 2.45) is 0 Å². The Labute approximate surface area is 193 Å². The minimum atomic E-state index is -1.06. The summed E-state index contributed by atoms with van der Waals surface area (Å²) in [4.78, 5) is 34.0. The van der Waals surface area contributed by atoms with Gasteiger partial charge in [-0.05, 0) is 24.3 Å². The largest absolute Gasteiger partial charge is 0.352 e. The number of carbonyl (C=O) groups excluding carboxylic acids is 1. The van der Waals surface area contributed by atoms with E-state index < -0.39 is 17.5 Å². The number of anilines is 2. The number of nitrogens with zero attached hydrogens (tertiary/aromatic N) is 8. The van der Waals surface area contributed by atoms with Gasteiger partial charge < -0.3 is 15.1 Å². The molecule has 1 aliphatic rings. The molecule has 4 aromatic rings. The summed E-state index contributed by atoms with van der Waals surface area (Å²) < 4.78 is 28.1. The molecule has 0 atom stereocenters. The molecule has 0 aliphatic carbocycles. The van der Waals surface area contributed by atoms with E-state index in [1.807, 2.05) is 0 Å². The van der Waals surface area contributed by atoms with E-state index in [9.17, 15) is 13.6 Å². The second-order valence-electron chi connectivity index (χ2n) is 7.71. The van der Waals surface area contributed by atoms with Crippen LogP contribution in [0.15, 0.2) is 49.2 Å². The van der Waals surface area contributed by atoms with Crippen molar-refractivity contribution in [1.82, 2.24) is 35.0 Å². The van der Waals surface area contributed by atoms with Gasteiger partial charge in [0.2, 0.25) is 5.95 Å². The first-order valence-corrected chi connectivity index (χ1v) is 10.8. The minimum Gasteiger partial charge on any atom is -0.352 e. The van der Waals surface area contributed by atoms with Gasteiger partial charge in [-0.1, -0.05) is 0 Å². The average Bonchev–Trinajstić information content (AvgIpc) is 3.29. The lowest BCUT2D eigenvalue weighted by atomic mass is 10.2. The van der Waals surface area contributed by atoms with Gasteiger partial charge in [0.05, 0.1) is 18.1 Å². The summed E-state index contributed by atoms with van der Waals surface area (Å²) in [6.45, 7) is 3.62. The Morgan fingerprint density at radius 1 is 0.971 bits per heavy atom. The van der Waals surface area contributed by atoms with E-state index in [2.05, 4.69) is 40.2 Å². The molecule has 34 heavy (non-hydrogen) atoms. The van der Waals surface area contributed by atoms with Crippen molar-refractivity contribution in [3.05, 3.63) is 66.4 Å². The van der Waals surface area contributed by atoms with Crippen molar-refractivity contribution in [2.75, 3.05) is 42.5 Å². The van der Waals surface area contributed by atoms with Gasteiger partial charge in [-0.3, -0.25) is 4.79 Å². The Bertz CT molecular complexity index is 1310. The predicted octanol–water partition coefficient (Wildman–Crippen LogP) is 1.65. The maximum Gasteiger partial charge on any atom is 0.251 e. The van der Waals surface area contributed by atoms with Crippen molar-refractivity contribution in [2.45, 2.75) is 6.54 Å². The second kappa shape index (κ2) is 9.33. The minimum absolute atomic E-state index is 0.0499. The van der Waals surface area contributed by atoms with E-state index in [1.54, 1.807) is 29.3 Å². The van der Waals surface area contributed by atoms with Crippen LogP contribution < -0.4 is 15.1 Å². The van der Waals surface area contributed by atoms with Crippen LogP contribution in [0.2, 0.25) is 0 Å². The van der Waals surface area contributed by atoms with Crippen molar-refractivity contribution in [1.29, 1.82) is 0 Å². The Morgan fingerprint density at radius 3 is 2.50 bits per heavy atom. The Morgan fingerprint density at radius 2 is 1.74 bits per heavy atom. The number of rotatable bonds is 6. The summed E-state index contributed by atoms with van der Waals surface area (Å²) >= 11 is 0. The fraction of sp³-hybridized carbons (Fsp3) is 0.273. The van der Waals surface area contributed by atoms with Gasteiger partial charge in [0, 0.05) is 50.7 Å². The van der Waals surface area contributed by atoms with E-state index in [-0.39, 0.29) is 12.1 Å². The normalized spacial score (nSPS) is 13.9. The van der Waals surface area contributed by atoms with Gasteiger partial charge in [0.15, 0.2) is 17.3 Å². The third kappa shape index (κ3) is 4.34. The van der Waals surface area contributed by atoms with Crippen LogP contribution in [0.25, 0.3) is 11.0 Å². The van der Waals surface area contributed by atoms with Crippen LogP contribution in [0.4, 0.5) is 20.5 Å². The lowest BCUT2D eigenvalue weighted by Crippen LogP contribution is -2.47. The summed E-state index contributed by atoms with van der Waals surface area (Å²) in [7, 11) is 0. The molecule has 1 amide bonds. The lowest BCUT2D eigenvalue weighted by molar-refractivity contribution is 0.0951. The smallest absolute Gasteiger partial charge is 0.251 e. The summed E-state index contributed by atoms with van der Waals surface area (Å²) in [6, 6.07) is 4.83. The van der Waals surface area contributed by atoms with E-state index in [0.29, 0.717) is 18.1 Å². The first-order chi connectivity index (χ1) is 16.6. The predicted molar refractivity (Wildman–Crippen MR) is 120 cm³/mol. The standard InChI is InChI=1S/C22H21F2N9O/c23-17-3-2-15(12-18(17)24)21(34)25-6-7-33-20-16(13-30-33)19(28-14-29-20)31-8-10-32(11-9-31)22-26-4-1-5-27-22/h1-5,12-14H,6-11H2,(H,25,34). The van der Waals surface area contributed by atoms with Crippen LogP contribution in [0, 0.1) is 11.6 Å². The fourth-order valence-electron chi connectivity index (χ4n) is 3.88. The summed E-state index contributed by atoms with van der Waals surface area (Å²) in [5, 5.41) is 7.91. The maximum atomic E-state index is 13.4. The summed E-state index contributed by atoms with van der Waals surface area (Å²) in [5.74, 6) is -1.04. The van der Waals surface area contributed by atoms with Gasteiger partial charge in [0.1, 0.15) is 12.1 Å². The third-order valence-electron chi connectivity index (χ3n) is 5.62. The second-order valence-corrected chi connectivity index (χ2v) is 7.71. The molecule has 3 aromatic heterocycles. The zero-order chi connectivity index (χ0) is 23.5. The fourth-order valence-corrected chi connectivity index (χ4v) is 3.88. The lowest BCUT2D eigenvalue weighted by Gasteiger charge is -2.35. The molecule has 1 aromatic carbocycles. The van der Waals surface area contributed by atoms with Gasteiger partial charge in [0.25, 0.3) is 5.91 Å². The Kier molecular flexibility index (Phi) is 5.93. The SMILES string of the molecule is O=C(NCCn1ncc2c(N3CCN(c4ncccn4)CC3)ncnc21)c1ccc(F)c(F)c1. The van der Waals surface area contributed by atoms with Crippen LogP contribution in [-0.2, 0) is 6.54 Å². The molecule has 1 N–H and O–H groups in total. The molecule has 4 heterocycles. The van der Waals surface area contributed by atoms with Crippen LogP contribution in [0.3, 0.4) is 0 Å². The van der Waals surface area contributed by atoms with Crippen molar-refractivity contribution < 1.29 is 13.6 Å². The van der Waals surface area contributed by atoms with Crippen LogP contribution in [0.5, 0.6) is 0 Å².